The van der Waals surface area contributed by atoms with Gasteiger partial charge < -0.3 is 15.3 Å². The quantitative estimate of drug-likeness (QED) is 0.111. The molecule has 42 heavy (non-hydrogen) atoms. The van der Waals surface area contributed by atoms with E-state index in [2.05, 4.69) is 11.6 Å². The molecule has 3 N–H and O–H groups in total. The number of aliphatic carboxylic acids is 2. The summed E-state index contributed by atoms with van der Waals surface area (Å²) in [7, 11) is -3.74. The molecule has 227 valence electrons. The first kappa shape index (κ1) is 34.8. The van der Waals surface area contributed by atoms with E-state index < -0.39 is 26.7 Å². The molecule has 1 aromatic carbocycles. The normalized spacial score (nSPS) is 17.0. The topological polar surface area (TPSA) is 191 Å². The van der Waals surface area contributed by atoms with Crippen LogP contribution in [0.5, 0.6) is 0 Å². The molecule has 2 atom stereocenters. The number of carboxylic acid groups (broad SMARTS) is 2. The van der Waals surface area contributed by atoms with Crippen molar-refractivity contribution in [2.75, 3.05) is 25.4 Å². The molecule has 1 saturated carbocycles. The Morgan fingerprint density at radius 2 is 1.48 bits per heavy atom. The van der Waals surface area contributed by atoms with Gasteiger partial charge in [-0.05, 0) is 37.1 Å². The minimum Gasteiger partial charge on any atom is -0.512 e. The third-order valence-electron chi connectivity index (χ3n) is 6.96. The average Bonchev–Trinajstić information content (AvgIpc) is 2.91. The summed E-state index contributed by atoms with van der Waals surface area (Å²) in [6, 6.07) is 9.09. The maximum Gasteiger partial charge on any atom is 2.00 e. The molecule has 0 bridgehead atoms. The Bertz CT molecular complexity index is 1360. The third-order valence-corrected chi connectivity index (χ3v) is 8.69. The van der Waals surface area contributed by atoms with Gasteiger partial charge in [0, 0.05) is 42.9 Å². The van der Waals surface area contributed by atoms with Crippen molar-refractivity contribution in [2.45, 2.75) is 55.6 Å². The van der Waals surface area contributed by atoms with Crippen molar-refractivity contribution in [2.24, 2.45) is 0 Å². The van der Waals surface area contributed by atoms with Crippen LogP contribution in [-0.4, -0.2) is 92.9 Å². The second-order valence-corrected chi connectivity index (χ2v) is 12.1. The van der Waals surface area contributed by atoms with Gasteiger partial charge in [-0.15, -0.1) is 0 Å². The van der Waals surface area contributed by atoms with Gasteiger partial charge in [0.15, 0.2) is 9.84 Å². The van der Waals surface area contributed by atoms with Crippen molar-refractivity contribution in [3.8, 4) is 0 Å². The van der Waals surface area contributed by atoms with Crippen LogP contribution in [0.25, 0.3) is 0 Å². The van der Waals surface area contributed by atoms with E-state index >= 15 is 0 Å². The van der Waals surface area contributed by atoms with Crippen LogP contribution < -0.4 is 0 Å². The van der Waals surface area contributed by atoms with E-state index in [4.69, 9.17) is 0 Å². The number of non-ortho nitro benzene ring substituents is 1. The largest absolute Gasteiger partial charge is 2.00 e. The van der Waals surface area contributed by atoms with Crippen molar-refractivity contribution in [1.82, 2.24) is 14.8 Å². The zero-order valence-corrected chi connectivity index (χ0v) is 24.8. The Morgan fingerprint density at radius 1 is 0.929 bits per heavy atom. The molecular weight excluding hydrogens is 611 g/mol. The monoisotopic (exact) mass is 645 g/mol. The molecule has 1 aliphatic rings. The first-order valence-corrected chi connectivity index (χ1v) is 14.7. The number of aryl methyl sites for hydroxylation is 1. The van der Waals surface area contributed by atoms with Gasteiger partial charge in [0.1, 0.15) is 0 Å². The molecule has 2 unspecified atom stereocenters. The molecule has 1 heterocycles. The molecule has 2 aromatic rings. The van der Waals surface area contributed by atoms with Crippen molar-refractivity contribution in [3.05, 3.63) is 76.3 Å². The molecule has 0 spiro atoms. The maximum absolute atomic E-state index is 12.8. The minimum absolute atomic E-state index is 0. The smallest absolute Gasteiger partial charge is 0.512 e. The van der Waals surface area contributed by atoms with Crippen LogP contribution in [0, 0.1) is 10.1 Å². The van der Waals surface area contributed by atoms with Crippen molar-refractivity contribution in [1.29, 1.82) is 0 Å². The molecule has 3 rings (SSSR count). The van der Waals surface area contributed by atoms with E-state index in [1.54, 1.807) is 28.0 Å². The molecule has 1 fully saturated rings. The van der Waals surface area contributed by atoms with Gasteiger partial charge in [0.05, 0.1) is 46.7 Å². The Morgan fingerprint density at radius 3 is 2.02 bits per heavy atom. The summed E-state index contributed by atoms with van der Waals surface area (Å²) in [6.07, 6.45) is 2.97. The molecule has 1 radical (unpaired) electrons. The molecule has 1 aliphatic carbocycles. The number of pyridine rings is 1. The molecule has 0 aliphatic heterocycles. The number of nitro benzene ring substituents is 1. The maximum atomic E-state index is 12.8. The van der Waals surface area contributed by atoms with E-state index in [-0.39, 0.29) is 83.8 Å². The van der Waals surface area contributed by atoms with Crippen LogP contribution in [0.4, 0.5) is 5.69 Å². The van der Waals surface area contributed by atoms with Crippen LogP contribution in [0.15, 0.2) is 59.7 Å². The Kier molecular flexibility index (Phi) is 13.1. The number of benzene rings is 1. The number of nitrogens with zero attached hydrogens (tertiary/aromatic N) is 4. The predicted molar refractivity (Wildman–Crippen MR) is 148 cm³/mol. The first-order valence-electron chi connectivity index (χ1n) is 13.1. The Balaban J connectivity index is 0.00000616. The Labute approximate surface area is 254 Å². The second-order valence-electron chi connectivity index (χ2n) is 10.0. The minimum atomic E-state index is -3.74. The number of aliphatic hydroxyl groups is 1. The summed E-state index contributed by atoms with van der Waals surface area (Å²) in [6.45, 7) is 2.93. The van der Waals surface area contributed by atoms with Gasteiger partial charge in [-0.1, -0.05) is 25.5 Å². The van der Waals surface area contributed by atoms with Crippen molar-refractivity contribution >= 4 is 27.5 Å². The number of carboxylic acids is 2. The van der Waals surface area contributed by atoms with E-state index in [1.165, 1.54) is 12.1 Å². The predicted octanol–water partition coefficient (Wildman–Crippen LogP) is 2.66. The molecule has 1 aromatic heterocycles. The zero-order chi connectivity index (χ0) is 30.2. The van der Waals surface area contributed by atoms with Crippen LogP contribution in [0.1, 0.15) is 37.1 Å². The van der Waals surface area contributed by atoms with Gasteiger partial charge in [-0.25, -0.2) is 8.42 Å². The number of nitro groups is 1. The molecule has 0 saturated heterocycles. The molecule has 13 nitrogen and oxygen atoms in total. The van der Waals surface area contributed by atoms with Gasteiger partial charge in [-0.3, -0.25) is 34.5 Å². The standard InChI is InChI=1S/C27H34N4O9S.Mn/c1-19(32)15-29(17-26(33)34)24-7-2-3-8-25(24)30(18-27(35)36)16-21-6-4-5-20(28-21)13-14-41(39,40)23-11-9-22(10-12-23)31(37)38;/h4-6,9-12,24-25,32H,1-3,7-8,13-18H2,(H,33,34)(H,35,36);/q;+2. The van der Waals surface area contributed by atoms with Crippen LogP contribution in [-0.2, 0) is 49.5 Å². The van der Waals surface area contributed by atoms with E-state index in [0.717, 1.165) is 25.0 Å². The molecule has 15 heteroatoms. The summed E-state index contributed by atoms with van der Waals surface area (Å²) >= 11 is 0. The van der Waals surface area contributed by atoms with E-state index in [1.807, 2.05) is 0 Å². The number of hydrogen-bond acceptors (Lipinski definition) is 10. The first-order chi connectivity index (χ1) is 19.4. The van der Waals surface area contributed by atoms with Crippen molar-refractivity contribution in [3.63, 3.8) is 0 Å². The SMILES string of the molecule is C=C(O)CN(CC(=O)O)C1CCCCC1N(CC(=O)O)Cc1cccc(CCS(=O)(=O)c2ccc([N+](=O)[O-])cc2)n1.[Mn+2]. The number of sulfone groups is 1. The number of aliphatic hydroxyl groups excluding tert-OH is 1. The average molecular weight is 646 g/mol. The summed E-state index contributed by atoms with van der Waals surface area (Å²) < 4.78 is 25.6. The molecule has 0 amide bonds. The fourth-order valence-electron chi connectivity index (χ4n) is 5.20. The van der Waals surface area contributed by atoms with Crippen LogP contribution in [0.2, 0.25) is 0 Å². The van der Waals surface area contributed by atoms with Crippen molar-refractivity contribution < 1.29 is 55.3 Å². The van der Waals surface area contributed by atoms with Crippen LogP contribution >= 0.6 is 0 Å². The summed E-state index contributed by atoms with van der Waals surface area (Å²) in [4.78, 5) is 41.5. The van der Waals surface area contributed by atoms with Gasteiger partial charge in [0.2, 0.25) is 0 Å². The zero-order valence-electron chi connectivity index (χ0n) is 22.8. The number of rotatable bonds is 15. The number of carbonyl (C=O) groups is 2. The van der Waals surface area contributed by atoms with E-state index in [0.29, 0.717) is 24.2 Å². The third kappa shape index (κ3) is 10.2. The van der Waals surface area contributed by atoms with Crippen LogP contribution in [0.3, 0.4) is 0 Å². The summed E-state index contributed by atoms with van der Waals surface area (Å²) in [5, 5.41) is 39.8. The molecular formula is C27H34MnN4O9S+2. The van der Waals surface area contributed by atoms with Gasteiger partial charge >= 0.3 is 29.0 Å². The fourth-order valence-corrected chi connectivity index (χ4v) is 6.47. The van der Waals surface area contributed by atoms with Gasteiger partial charge in [-0.2, -0.15) is 0 Å². The van der Waals surface area contributed by atoms with Gasteiger partial charge in [0.25, 0.3) is 5.69 Å². The second kappa shape index (κ2) is 15.8. The fraction of sp³-hybridized carbons (Fsp3) is 0.444. The summed E-state index contributed by atoms with van der Waals surface area (Å²) in [5.41, 5.74) is 0.793. The number of aromatic nitrogens is 1. The number of hydrogen-bond donors (Lipinski definition) is 3. The Hall–Kier alpha value is -3.36. The summed E-state index contributed by atoms with van der Waals surface area (Å²) in [5.74, 6) is -2.59. The van der Waals surface area contributed by atoms with E-state index in [9.17, 15) is 43.4 Å².